The van der Waals surface area contributed by atoms with Gasteiger partial charge in [-0.05, 0) is 103 Å². The molecule has 0 radical (unpaired) electrons. The van der Waals surface area contributed by atoms with Gasteiger partial charge in [0.2, 0.25) is 0 Å². The van der Waals surface area contributed by atoms with Crippen molar-refractivity contribution in [2.24, 2.45) is 0 Å². The van der Waals surface area contributed by atoms with Gasteiger partial charge in [0.1, 0.15) is 22.3 Å². The van der Waals surface area contributed by atoms with Crippen LogP contribution in [0.2, 0.25) is 0 Å². The molecule has 0 amide bonds. The number of nitrogens with zero attached hydrogens (tertiary/aromatic N) is 3. The molecule has 0 atom stereocenters. The molecular formula is C64H37N3O2. The van der Waals surface area contributed by atoms with E-state index in [9.17, 15) is 0 Å². The summed E-state index contributed by atoms with van der Waals surface area (Å²) >= 11 is 0. The maximum absolute atomic E-state index is 6.63. The highest BCUT2D eigenvalue weighted by Gasteiger charge is 2.52. The molecule has 5 nitrogen and oxygen atoms in total. The van der Waals surface area contributed by atoms with E-state index in [-0.39, 0.29) is 0 Å². The van der Waals surface area contributed by atoms with E-state index in [1.54, 1.807) is 0 Å². The van der Waals surface area contributed by atoms with Gasteiger partial charge in [-0.25, -0.2) is 15.0 Å². The fourth-order valence-corrected chi connectivity index (χ4v) is 11.7. The van der Waals surface area contributed by atoms with Crippen LogP contribution in [0.4, 0.5) is 0 Å². The van der Waals surface area contributed by atoms with Gasteiger partial charge < -0.3 is 8.83 Å². The Morgan fingerprint density at radius 2 is 0.725 bits per heavy atom. The average Bonchev–Trinajstić information content (AvgIpc) is 4.16. The number of para-hydroxylation sites is 1. The number of benzene rings is 10. The maximum atomic E-state index is 6.63. The predicted octanol–water partition coefficient (Wildman–Crippen LogP) is 16.3. The van der Waals surface area contributed by atoms with E-state index in [1.807, 2.05) is 72.8 Å². The molecule has 0 saturated heterocycles. The Balaban J connectivity index is 0.905. The number of hydrogen-bond acceptors (Lipinski definition) is 5. The normalized spacial score (nSPS) is 13.0. The smallest absolute Gasteiger partial charge is 0.164 e. The summed E-state index contributed by atoms with van der Waals surface area (Å²) in [6.07, 6.45) is 0. The van der Waals surface area contributed by atoms with Crippen molar-refractivity contribution in [3.8, 4) is 78.7 Å². The van der Waals surface area contributed by atoms with E-state index in [0.717, 1.165) is 71.7 Å². The van der Waals surface area contributed by atoms with Crippen molar-refractivity contribution in [2.45, 2.75) is 5.41 Å². The van der Waals surface area contributed by atoms with Crippen LogP contribution in [0, 0.1) is 0 Å². The molecule has 10 aromatic carbocycles. The van der Waals surface area contributed by atoms with Crippen molar-refractivity contribution < 1.29 is 8.83 Å². The molecule has 0 unspecified atom stereocenters. The molecule has 0 saturated carbocycles. The molecule has 3 heterocycles. The zero-order valence-corrected chi connectivity index (χ0v) is 37.0. The highest BCUT2D eigenvalue weighted by molar-refractivity contribution is 6.14. The summed E-state index contributed by atoms with van der Waals surface area (Å²) in [6.45, 7) is 0. The van der Waals surface area contributed by atoms with Crippen molar-refractivity contribution >= 4 is 43.9 Å². The number of hydrogen-bond donors (Lipinski definition) is 0. The minimum Gasteiger partial charge on any atom is -0.456 e. The lowest BCUT2D eigenvalue weighted by Gasteiger charge is -2.32. The van der Waals surface area contributed by atoms with Crippen LogP contribution in [-0.2, 0) is 5.41 Å². The molecule has 13 aromatic rings. The van der Waals surface area contributed by atoms with Crippen molar-refractivity contribution in [1.29, 1.82) is 0 Å². The highest BCUT2D eigenvalue weighted by atomic mass is 16.3. The first-order valence-corrected chi connectivity index (χ1v) is 23.4. The number of furan rings is 2. The van der Waals surface area contributed by atoms with Crippen LogP contribution in [-0.4, -0.2) is 15.0 Å². The van der Waals surface area contributed by atoms with Gasteiger partial charge in [-0.3, -0.25) is 0 Å². The first kappa shape index (κ1) is 38.0. The van der Waals surface area contributed by atoms with Crippen molar-refractivity contribution in [3.05, 3.63) is 247 Å². The molecule has 0 aliphatic heterocycles. The summed E-state index contributed by atoms with van der Waals surface area (Å²) in [6, 6.07) is 79.9. The van der Waals surface area contributed by atoms with Crippen molar-refractivity contribution in [2.75, 3.05) is 0 Å². The zero-order chi connectivity index (χ0) is 45.2. The number of rotatable bonds is 5. The van der Waals surface area contributed by atoms with Crippen LogP contribution in [0.5, 0.6) is 0 Å². The molecule has 2 aliphatic carbocycles. The Morgan fingerprint density at radius 1 is 0.275 bits per heavy atom. The molecule has 69 heavy (non-hydrogen) atoms. The van der Waals surface area contributed by atoms with Crippen LogP contribution < -0.4 is 0 Å². The van der Waals surface area contributed by atoms with Crippen LogP contribution >= 0.6 is 0 Å². The lowest BCUT2D eigenvalue weighted by atomic mass is 9.68. The highest BCUT2D eigenvalue weighted by Crippen LogP contribution is 2.64. The Hall–Kier alpha value is -9.19. The topological polar surface area (TPSA) is 65.0 Å². The van der Waals surface area contributed by atoms with Crippen molar-refractivity contribution in [3.63, 3.8) is 0 Å². The predicted molar refractivity (Wildman–Crippen MR) is 278 cm³/mol. The SMILES string of the molecule is c1ccc(-c2nc(-c3cccc4oc5ccccc5c34)nc(-c3cccc4oc5ccc(-c6cccc(-c7cccc8c7C7(c9ccccc9-c9ccccc97)c7ccccc7-8)c6)cc5c34)n2)cc1. The summed E-state index contributed by atoms with van der Waals surface area (Å²) in [5.41, 5.74) is 20.5. The summed E-state index contributed by atoms with van der Waals surface area (Å²) in [7, 11) is 0. The zero-order valence-electron chi connectivity index (χ0n) is 37.0. The second-order valence-corrected chi connectivity index (χ2v) is 18.1. The van der Waals surface area contributed by atoms with Gasteiger partial charge in [0.25, 0.3) is 0 Å². The Labute approximate surface area is 396 Å². The van der Waals surface area contributed by atoms with Crippen molar-refractivity contribution in [1.82, 2.24) is 15.0 Å². The summed E-state index contributed by atoms with van der Waals surface area (Å²) < 4.78 is 12.9. The fraction of sp³-hybridized carbons (Fsp3) is 0.0156. The van der Waals surface area contributed by atoms with Gasteiger partial charge >= 0.3 is 0 Å². The molecular weight excluding hydrogens is 843 g/mol. The first-order valence-electron chi connectivity index (χ1n) is 23.4. The molecule has 2 aliphatic rings. The first-order chi connectivity index (χ1) is 34.2. The van der Waals surface area contributed by atoms with Crippen LogP contribution in [0.25, 0.3) is 123 Å². The third-order valence-corrected chi connectivity index (χ3v) is 14.6. The molecule has 15 rings (SSSR count). The second kappa shape index (κ2) is 14.4. The minimum absolute atomic E-state index is 0.454. The van der Waals surface area contributed by atoms with Gasteiger partial charge in [-0.1, -0.05) is 188 Å². The lowest BCUT2D eigenvalue weighted by molar-refractivity contribution is 0.668. The maximum Gasteiger partial charge on any atom is 0.164 e. The van der Waals surface area contributed by atoms with Gasteiger partial charge in [-0.2, -0.15) is 0 Å². The number of aromatic nitrogens is 3. The fourth-order valence-electron chi connectivity index (χ4n) is 11.7. The third kappa shape index (κ3) is 5.38. The van der Waals surface area contributed by atoms with Gasteiger partial charge in [-0.15, -0.1) is 0 Å². The van der Waals surface area contributed by atoms with E-state index in [1.165, 1.54) is 55.6 Å². The molecule has 0 bridgehead atoms. The molecule has 5 heteroatoms. The van der Waals surface area contributed by atoms with E-state index >= 15 is 0 Å². The van der Waals surface area contributed by atoms with Gasteiger partial charge in [0.05, 0.1) is 5.41 Å². The minimum atomic E-state index is -0.454. The number of fused-ring (bicyclic) bond motifs is 16. The molecule has 3 aromatic heterocycles. The molecule has 320 valence electrons. The van der Waals surface area contributed by atoms with Crippen LogP contribution in [0.3, 0.4) is 0 Å². The van der Waals surface area contributed by atoms with Gasteiger partial charge in [0, 0.05) is 38.2 Å². The molecule has 1 spiro atoms. The summed E-state index contributed by atoms with van der Waals surface area (Å²) in [4.78, 5) is 15.6. The van der Waals surface area contributed by atoms with E-state index in [0.29, 0.717) is 17.5 Å². The van der Waals surface area contributed by atoms with Crippen LogP contribution in [0.15, 0.2) is 233 Å². The Bertz CT molecular complexity index is 4210. The monoisotopic (exact) mass is 879 g/mol. The standard InChI is InChI=1S/C64H37N3O2/c1-2-16-38(17-3-1)61-65-62(48-26-14-32-56-58(48)47-23-7-11-31-54(47)68-56)67-63(66-61)49-27-15-33-57-59(49)50-37-40(34-35-55(50)69-57)39-18-12-19-41(36-39)42-24-13-25-46-45-22-6-10-30-53(45)64(60(42)46)51-28-8-4-20-43(51)44-21-5-9-29-52(44)64/h1-37H. The molecule has 0 fully saturated rings. The summed E-state index contributed by atoms with van der Waals surface area (Å²) in [5, 5.41) is 3.93. The van der Waals surface area contributed by atoms with Gasteiger partial charge in [0.15, 0.2) is 17.5 Å². The van der Waals surface area contributed by atoms with E-state index in [4.69, 9.17) is 23.8 Å². The van der Waals surface area contributed by atoms with E-state index in [2.05, 4.69) is 152 Å². The molecule has 0 N–H and O–H groups in total. The summed E-state index contributed by atoms with van der Waals surface area (Å²) in [5.74, 6) is 1.72. The van der Waals surface area contributed by atoms with E-state index < -0.39 is 5.41 Å². The third-order valence-electron chi connectivity index (χ3n) is 14.6. The Kier molecular flexibility index (Phi) is 7.93. The average molecular weight is 880 g/mol. The largest absolute Gasteiger partial charge is 0.456 e. The van der Waals surface area contributed by atoms with Crippen LogP contribution in [0.1, 0.15) is 22.3 Å². The quantitative estimate of drug-likeness (QED) is 0.172. The second-order valence-electron chi connectivity index (χ2n) is 18.1. The lowest BCUT2D eigenvalue weighted by Crippen LogP contribution is -2.26. The Morgan fingerprint density at radius 3 is 1.42 bits per heavy atom.